The normalized spacial score (nSPS) is 11.1. The highest BCUT2D eigenvalue weighted by molar-refractivity contribution is 7.13. The molecule has 2 N–H and O–H groups in total. The number of imidazole rings is 1. The van der Waals surface area contributed by atoms with Crippen LogP contribution in [-0.2, 0) is 0 Å². The maximum Gasteiger partial charge on any atom is 0.297 e. The van der Waals surface area contributed by atoms with E-state index >= 15 is 0 Å². The number of hydrogen-bond acceptors (Lipinski definition) is 5. The molecule has 0 aliphatic rings. The Morgan fingerprint density at radius 1 is 1.03 bits per heavy atom. The molecule has 29 heavy (non-hydrogen) atoms. The van der Waals surface area contributed by atoms with Gasteiger partial charge in [-0.05, 0) is 47.8 Å². The lowest BCUT2D eigenvalue weighted by molar-refractivity contribution is 0.101. The molecule has 7 nitrogen and oxygen atoms in total. The van der Waals surface area contributed by atoms with Crippen molar-refractivity contribution in [3.05, 3.63) is 77.7 Å². The maximum atomic E-state index is 13.3. The molecule has 0 radical (unpaired) electrons. The number of nitrogens with zero attached hydrogens (tertiary/aromatic N) is 4. The van der Waals surface area contributed by atoms with Crippen molar-refractivity contribution in [2.45, 2.75) is 0 Å². The second kappa shape index (κ2) is 6.95. The van der Waals surface area contributed by atoms with Crippen LogP contribution >= 0.6 is 11.3 Å². The number of hydrogen-bond donors (Lipinski definition) is 2. The molecule has 0 aliphatic carbocycles. The van der Waals surface area contributed by atoms with E-state index < -0.39 is 5.91 Å². The summed E-state index contributed by atoms with van der Waals surface area (Å²) in [6, 6.07) is 17.1. The molecule has 142 valence electrons. The Morgan fingerprint density at radius 2 is 1.86 bits per heavy atom. The monoisotopic (exact) mass is 404 g/mol. The third kappa shape index (κ3) is 3.27. The summed E-state index contributed by atoms with van der Waals surface area (Å²) >= 11 is 1.47. The SMILES string of the molecule is O=C(Nc1nc2ccccc2[nH]1)c1nc(-c2cccs2)n(-c2ccc(F)cc2)n1. The van der Waals surface area contributed by atoms with Crippen LogP contribution in [-0.4, -0.2) is 30.6 Å². The number of aromatic amines is 1. The summed E-state index contributed by atoms with van der Waals surface area (Å²) in [5, 5.41) is 8.96. The predicted molar refractivity (Wildman–Crippen MR) is 109 cm³/mol. The molecule has 2 aromatic carbocycles. The topological polar surface area (TPSA) is 88.5 Å². The van der Waals surface area contributed by atoms with Crippen molar-refractivity contribution in [3.63, 3.8) is 0 Å². The Bertz CT molecular complexity index is 1270. The fourth-order valence-electron chi connectivity index (χ4n) is 2.91. The molecule has 5 rings (SSSR count). The Balaban J connectivity index is 1.52. The number of halogens is 1. The maximum absolute atomic E-state index is 13.3. The van der Waals surface area contributed by atoms with E-state index in [-0.39, 0.29) is 11.6 Å². The average Bonchev–Trinajstić information content (AvgIpc) is 3.46. The largest absolute Gasteiger partial charge is 0.324 e. The Hall–Kier alpha value is -3.85. The summed E-state index contributed by atoms with van der Waals surface area (Å²) in [6.45, 7) is 0. The van der Waals surface area contributed by atoms with Gasteiger partial charge in [0, 0.05) is 0 Å². The van der Waals surface area contributed by atoms with E-state index in [1.54, 1.807) is 12.1 Å². The van der Waals surface area contributed by atoms with Crippen LogP contribution in [0.2, 0.25) is 0 Å². The third-order valence-corrected chi connectivity index (χ3v) is 5.11. The first-order chi connectivity index (χ1) is 14.2. The quantitative estimate of drug-likeness (QED) is 0.468. The molecule has 0 saturated carbocycles. The smallest absolute Gasteiger partial charge is 0.297 e. The average molecular weight is 404 g/mol. The first-order valence-corrected chi connectivity index (χ1v) is 9.58. The number of thiophene rings is 1. The van der Waals surface area contributed by atoms with Crippen LogP contribution in [0.5, 0.6) is 0 Å². The van der Waals surface area contributed by atoms with Gasteiger partial charge in [0.15, 0.2) is 5.82 Å². The number of rotatable bonds is 4. The van der Waals surface area contributed by atoms with Crippen molar-refractivity contribution in [2.75, 3.05) is 5.32 Å². The van der Waals surface area contributed by atoms with Gasteiger partial charge in [0.05, 0.1) is 21.6 Å². The standard InChI is InChI=1S/C20H13FN6OS/c21-12-7-9-13(10-8-12)27-18(16-6-3-11-29-16)24-17(26-27)19(28)25-20-22-14-4-1-2-5-15(14)23-20/h1-11H,(H2,22,23,25,28). The Labute approximate surface area is 167 Å². The number of carbonyl (C=O) groups is 1. The predicted octanol–water partition coefficient (Wildman–Crippen LogP) is 4.26. The second-order valence-corrected chi connectivity index (χ2v) is 7.13. The highest BCUT2D eigenvalue weighted by atomic mass is 32.1. The molecular formula is C20H13FN6OS. The van der Waals surface area contributed by atoms with Crippen LogP contribution in [0, 0.1) is 5.82 Å². The van der Waals surface area contributed by atoms with Crippen LogP contribution in [0.3, 0.4) is 0 Å². The molecule has 0 fully saturated rings. The summed E-state index contributed by atoms with van der Waals surface area (Å²) < 4.78 is 14.8. The number of nitrogens with one attached hydrogen (secondary N) is 2. The third-order valence-electron chi connectivity index (χ3n) is 4.24. The van der Waals surface area contributed by atoms with Gasteiger partial charge in [0.1, 0.15) is 5.82 Å². The lowest BCUT2D eigenvalue weighted by Crippen LogP contribution is -2.15. The first kappa shape index (κ1) is 17.3. The van der Waals surface area contributed by atoms with E-state index in [2.05, 4.69) is 25.4 Å². The van der Waals surface area contributed by atoms with Crippen molar-refractivity contribution in [1.82, 2.24) is 24.7 Å². The molecule has 0 spiro atoms. The fourth-order valence-corrected chi connectivity index (χ4v) is 3.61. The molecule has 5 aromatic rings. The number of anilines is 1. The van der Waals surface area contributed by atoms with Crippen molar-refractivity contribution in [2.24, 2.45) is 0 Å². The van der Waals surface area contributed by atoms with Gasteiger partial charge in [0.2, 0.25) is 11.8 Å². The number of fused-ring (bicyclic) bond motifs is 1. The molecular weight excluding hydrogens is 391 g/mol. The van der Waals surface area contributed by atoms with Crippen molar-refractivity contribution in [1.29, 1.82) is 0 Å². The van der Waals surface area contributed by atoms with Crippen LogP contribution in [0.4, 0.5) is 10.3 Å². The molecule has 3 aromatic heterocycles. The zero-order valence-corrected chi connectivity index (χ0v) is 15.7. The van der Waals surface area contributed by atoms with Gasteiger partial charge in [-0.3, -0.25) is 10.1 Å². The number of amides is 1. The highest BCUT2D eigenvalue weighted by Gasteiger charge is 2.20. The zero-order valence-electron chi connectivity index (χ0n) is 14.8. The summed E-state index contributed by atoms with van der Waals surface area (Å²) in [5.74, 6) is -0.0522. The van der Waals surface area contributed by atoms with Crippen LogP contribution in [0.25, 0.3) is 27.4 Å². The van der Waals surface area contributed by atoms with Crippen LogP contribution in [0.1, 0.15) is 10.6 Å². The van der Waals surface area contributed by atoms with Gasteiger partial charge in [-0.1, -0.05) is 18.2 Å². The number of para-hydroxylation sites is 2. The minimum Gasteiger partial charge on any atom is -0.324 e. The van der Waals surface area contributed by atoms with Gasteiger partial charge in [0.25, 0.3) is 5.91 Å². The van der Waals surface area contributed by atoms with Gasteiger partial charge in [-0.15, -0.1) is 16.4 Å². The first-order valence-electron chi connectivity index (χ1n) is 8.70. The molecule has 1 amide bonds. The summed E-state index contributed by atoms with van der Waals surface area (Å²) in [7, 11) is 0. The van der Waals surface area contributed by atoms with Crippen LogP contribution in [0.15, 0.2) is 66.0 Å². The molecule has 0 bridgehead atoms. The van der Waals surface area contributed by atoms with Gasteiger partial charge in [-0.25, -0.2) is 19.0 Å². The summed E-state index contributed by atoms with van der Waals surface area (Å²) in [4.78, 5) is 25.4. The van der Waals surface area contributed by atoms with E-state index in [1.807, 2.05) is 41.8 Å². The lowest BCUT2D eigenvalue weighted by atomic mass is 10.3. The number of aromatic nitrogens is 5. The summed E-state index contributed by atoms with van der Waals surface area (Å²) in [6.07, 6.45) is 0. The highest BCUT2D eigenvalue weighted by Crippen LogP contribution is 2.26. The number of H-pyrrole nitrogens is 1. The minimum absolute atomic E-state index is 0.0156. The van der Waals surface area contributed by atoms with E-state index in [1.165, 1.54) is 28.2 Å². The lowest BCUT2D eigenvalue weighted by Gasteiger charge is -2.03. The van der Waals surface area contributed by atoms with E-state index in [4.69, 9.17) is 0 Å². The van der Waals surface area contributed by atoms with Gasteiger partial charge in [-0.2, -0.15) is 0 Å². The molecule has 0 saturated heterocycles. The minimum atomic E-state index is -0.497. The molecule has 0 aliphatic heterocycles. The molecule has 3 heterocycles. The van der Waals surface area contributed by atoms with E-state index in [0.29, 0.717) is 17.5 Å². The Morgan fingerprint density at radius 3 is 2.62 bits per heavy atom. The zero-order chi connectivity index (χ0) is 19.8. The van der Waals surface area contributed by atoms with Gasteiger partial charge >= 0.3 is 0 Å². The van der Waals surface area contributed by atoms with Crippen molar-refractivity contribution < 1.29 is 9.18 Å². The molecule has 0 atom stereocenters. The molecule has 9 heteroatoms. The Kier molecular flexibility index (Phi) is 4.14. The number of carbonyl (C=O) groups excluding carboxylic acids is 1. The summed E-state index contributed by atoms with van der Waals surface area (Å²) in [5.41, 5.74) is 2.16. The van der Waals surface area contributed by atoms with Crippen LogP contribution < -0.4 is 5.32 Å². The fraction of sp³-hybridized carbons (Fsp3) is 0. The second-order valence-electron chi connectivity index (χ2n) is 6.18. The van der Waals surface area contributed by atoms with Crippen molar-refractivity contribution >= 4 is 34.2 Å². The van der Waals surface area contributed by atoms with Crippen molar-refractivity contribution in [3.8, 4) is 16.4 Å². The van der Waals surface area contributed by atoms with E-state index in [0.717, 1.165) is 15.9 Å². The van der Waals surface area contributed by atoms with E-state index in [9.17, 15) is 9.18 Å². The molecule has 0 unspecified atom stereocenters. The van der Waals surface area contributed by atoms with Gasteiger partial charge < -0.3 is 4.98 Å². The number of benzene rings is 2.